The molecule has 148 valence electrons. The zero-order valence-corrected chi connectivity index (χ0v) is 15.6. The number of benzene rings is 2. The van der Waals surface area contributed by atoms with Crippen LogP contribution in [0.15, 0.2) is 48.7 Å². The minimum absolute atomic E-state index is 0.0551. The van der Waals surface area contributed by atoms with E-state index >= 15 is 0 Å². The molecule has 4 rings (SSSR count). The minimum Gasteiger partial charge on any atom is -0.497 e. The van der Waals surface area contributed by atoms with Gasteiger partial charge >= 0.3 is 6.18 Å². The second-order valence-electron chi connectivity index (χ2n) is 6.22. The number of imidazole rings is 1. The molecule has 0 spiro atoms. The fraction of sp³-hybridized carbons (Fsp3) is 0.100. The lowest BCUT2D eigenvalue weighted by Gasteiger charge is -2.10. The highest BCUT2D eigenvalue weighted by Gasteiger charge is 2.31. The topological polar surface area (TPSA) is 50.8 Å². The number of hydrogen-bond donors (Lipinski definition) is 1. The number of alkyl halides is 3. The second kappa shape index (κ2) is 7.04. The van der Waals surface area contributed by atoms with Crippen molar-refractivity contribution in [3.63, 3.8) is 0 Å². The summed E-state index contributed by atoms with van der Waals surface area (Å²) in [6, 6.07) is 10.1. The van der Waals surface area contributed by atoms with Crippen LogP contribution in [0.5, 0.6) is 5.75 Å². The Morgan fingerprint density at radius 3 is 2.52 bits per heavy atom. The van der Waals surface area contributed by atoms with Gasteiger partial charge in [-0.2, -0.15) is 13.2 Å². The van der Waals surface area contributed by atoms with E-state index in [1.165, 1.54) is 19.2 Å². The summed E-state index contributed by atoms with van der Waals surface area (Å²) in [6.07, 6.45) is -3.89. The van der Waals surface area contributed by atoms with Crippen LogP contribution in [-0.2, 0) is 6.18 Å². The maximum absolute atomic E-state index is 14.8. The number of rotatable bonds is 3. The average Bonchev–Trinajstić information content (AvgIpc) is 3.09. The van der Waals surface area contributed by atoms with Gasteiger partial charge in [0.25, 0.3) is 0 Å². The van der Waals surface area contributed by atoms with Crippen molar-refractivity contribution in [2.75, 3.05) is 7.11 Å². The van der Waals surface area contributed by atoms with Crippen LogP contribution in [-0.4, -0.2) is 22.1 Å². The molecule has 0 fully saturated rings. The number of ether oxygens (including phenoxy) is 1. The largest absolute Gasteiger partial charge is 0.497 e. The van der Waals surface area contributed by atoms with Gasteiger partial charge in [0.2, 0.25) is 0 Å². The second-order valence-corrected chi connectivity index (χ2v) is 6.62. The lowest BCUT2D eigenvalue weighted by Crippen LogP contribution is -2.05. The van der Waals surface area contributed by atoms with Crippen LogP contribution < -0.4 is 4.74 Å². The first-order valence-corrected chi connectivity index (χ1v) is 8.71. The Labute approximate surface area is 167 Å². The Bertz CT molecular complexity index is 1220. The van der Waals surface area contributed by atoms with Gasteiger partial charge in [0.15, 0.2) is 0 Å². The molecule has 4 nitrogen and oxygen atoms in total. The third-order valence-electron chi connectivity index (χ3n) is 4.36. The number of methoxy groups -OCH3 is 1. The van der Waals surface area contributed by atoms with Crippen LogP contribution in [0.4, 0.5) is 17.6 Å². The maximum Gasteiger partial charge on any atom is 0.417 e. The van der Waals surface area contributed by atoms with Gasteiger partial charge in [-0.05, 0) is 30.3 Å². The van der Waals surface area contributed by atoms with Crippen LogP contribution >= 0.6 is 11.6 Å². The Kier molecular flexibility index (Phi) is 4.66. The maximum atomic E-state index is 14.8. The molecular formula is C20H12ClF4N3O. The molecule has 2 aromatic heterocycles. The van der Waals surface area contributed by atoms with Crippen molar-refractivity contribution in [1.82, 2.24) is 15.0 Å². The van der Waals surface area contributed by atoms with E-state index in [2.05, 4.69) is 15.0 Å². The van der Waals surface area contributed by atoms with E-state index in [0.717, 1.165) is 12.1 Å². The van der Waals surface area contributed by atoms with Crippen molar-refractivity contribution >= 4 is 22.6 Å². The van der Waals surface area contributed by atoms with Gasteiger partial charge in [-0.15, -0.1) is 0 Å². The molecule has 0 aliphatic rings. The molecule has 9 heteroatoms. The van der Waals surface area contributed by atoms with Crippen molar-refractivity contribution in [3.05, 3.63) is 65.1 Å². The van der Waals surface area contributed by atoms with Crippen molar-refractivity contribution in [2.24, 2.45) is 0 Å². The summed E-state index contributed by atoms with van der Waals surface area (Å²) in [5, 5.41) is -0.220. The van der Waals surface area contributed by atoms with E-state index in [0.29, 0.717) is 28.8 Å². The predicted octanol–water partition coefficient (Wildman–Crippen LogP) is 6.11. The van der Waals surface area contributed by atoms with Gasteiger partial charge in [-0.25, -0.2) is 9.37 Å². The fourth-order valence-corrected chi connectivity index (χ4v) is 3.18. The number of nitrogens with one attached hydrogen (secondary N) is 1. The van der Waals surface area contributed by atoms with Crippen molar-refractivity contribution in [1.29, 1.82) is 0 Å². The Morgan fingerprint density at radius 1 is 1.07 bits per heavy atom. The van der Waals surface area contributed by atoms with Gasteiger partial charge < -0.3 is 9.72 Å². The van der Waals surface area contributed by atoms with Crippen LogP contribution in [0.2, 0.25) is 5.02 Å². The molecule has 2 aromatic carbocycles. The molecule has 0 radical (unpaired) electrons. The molecule has 0 saturated heterocycles. The van der Waals surface area contributed by atoms with Crippen LogP contribution in [0, 0.1) is 5.82 Å². The van der Waals surface area contributed by atoms with Gasteiger partial charge in [-0.3, -0.25) is 4.98 Å². The fourth-order valence-electron chi connectivity index (χ4n) is 2.90. The van der Waals surface area contributed by atoms with Gasteiger partial charge in [-0.1, -0.05) is 17.7 Å². The number of fused-ring (bicyclic) bond motifs is 1. The monoisotopic (exact) mass is 421 g/mol. The molecule has 0 amide bonds. The average molecular weight is 422 g/mol. The summed E-state index contributed by atoms with van der Waals surface area (Å²) in [5.74, 6) is 0.321. The first-order valence-electron chi connectivity index (χ1n) is 8.33. The molecule has 0 atom stereocenters. The van der Waals surface area contributed by atoms with E-state index < -0.39 is 17.6 Å². The number of aromatic nitrogens is 3. The van der Waals surface area contributed by atoms with Crippen molar-refractivity contribution in [2.45, 2.75) is 6.18 Å². The molecule has 0 aliphatic carbocycles. The summed E-state index contributed by atoms with van der Waals surface area (Å²) in [5.41, 5.74) is 0.849. The third-order valence-corrected chi connectivity index (χ3v) is 4.64. The zero-order chi connectivity index (χ0) is 20.8. The third kappa shape index (κ3) is 3.63. The Hall–Kier alpha value is -3.13. The number of pyridine rings is 1. The number of aromatic amines is 1. The Morgan fingerprint density at radius 2 is 1.86 bits per heavy atom. The molecule has 0 aliphatic heterocycles. The molecular weight excluding hydrogens is 410 g/mol. The number of halogens is 5. The summed E-state index contributed by atoms with van der Waals surface area (Å²) in [4.78, 5) is 11.1. The van der Waals surface area contributed by atoms with E-state index in [9.17, 15) is 17.6 Å². The predicted molar refractivity (Wildman–Crippen MR) is 101 cm³/mol. The normalized spacial score (nSPS) is 11.8. The smallest absolute Gasteiger partial charge is 0.417 e. The van der Waals surface area contributed by atoms with Gasteiger partial charge in [0.1, 0.15) is 17.4 Å². The number of nitrogens with zero attached hydrogens (tertiary/aromatic N) is 2. The number of hydrogen-bond acceptors (Lipinski definition) is 3. The first kappa shape index (κ1) is 19.2. The van der Waals surface area contributed by atoms with Crippen LogP contribution in [0.25, 0.3) is 33.7 Å². The molecule has 0 saturated carbocycles. The standard InChI is InChI=1S/C20H12ClF4N3O/c1-29-12-3-5-16-17(8-12)28-19(27-16)13-4-2-10(6-15(13)22)18-14(21)7-11(9-26-18)20(23,24)25/h2-9H,1H3,(H,27,28). The summed E-state index contributed by atoms with van der Waals surface area (Å²) in [7, 11) is 1.54. The quantitative estimate of drug-likeness (QED) is 0.406. The van der Waals surface area contributed by atoms with Crippen molar-refractivity contribution in [3.8, 4) is 28.4 Å². The SMILES string of the molecule is COc1ccc2nc(-c3ccc(-c4ncc(C(F)(F)F)cc4Cl)cc3F)[nH]c2c1. The molecule has 29 heavy (non-hydrogen) atoms. The molecule has 1 N–H and O–H groups in total. The molecule has 0 unspecified atom stereocenters. The highest BCUT2D eigenvalue weighted by molar-refractivity contribution is 6.33. The van der Waals surface area contributed by atoms with E-state index in [1.54, 1.807) is 18.2 Å². The first-order chi connectivity index (χ1) is 13.8. The van der Waals surface area contributed by atoms with E-state index in [1.807, 2.05) is 0 Å². The van der Waals surface area contributed by atoms with E-state index in [4.69, 9.17) is 16.3 Å². The summed E-state index contributed by atoms with van der Waals surface area (Å²) >= 11 is 5.95. The highest BCUT2D eigenvalue weighted by atomic mass is 35.5. The van der Waals surface area contributed by atoms with E-state index in [-0.39, 0.29) is 21.8 Å². The van der Waals surface area contributed by atoms with Gasteiger partial charge in [0.05, 0.1) is 40.0 Å². The van der Waals surface area contributed by atoms with Gasteiger partial charge in [0, 0.05) is 17.8 Å². The molecule has 4 aromatic rings. The minimum atomic E-state index is -4.56. The summed E-state index contributed by atoms with van der Waals surface area (Å²) in [6.45, 7) is 0. The molecule has 0 bridgehead atoms. The Balaban J connectivity index is 1.72. The van der Waals surface area contributed by atoms with Crippen molar-refractivity contribution < 1.29 is 22.3 Å². The lowest BCUT2D eigenvalue weighted by atomic mass is 10.1. The summed E-state index contributed by atoms with van der Waals surface area (Å²) < 4.78 is 58.2. The zero-order valence-electron chi connectivity index (χ0n) is 14.8. The lowest BCUT2D eigenvalue weighted by molar-refractivity contribution is -0.137. The number of H-pyrrole nitrogens is 1. The van der Waals surface area contributed by atoms with Crippen LogP contribution in [0.3, 0.4) is 0 Å². The highest BCUT2D eigenvalue weighted by Crippen LogP contribution is 2.35. The van der Waals surface area contributed by atoms with Crippen LogP contribution in [0.1, 0.15) is 5.56 Å². The molecule has 2 heterocycles.